The van der Waals surface area contributed by atoms with Crippen molar-refractivity contribution in [2.75, 3.05) is 59.9 Å². The maximum Gasteiger partial charge on any atom is 0.243 e. The van der Waals surface area contributed by atoms with E-state index in [-0.39, 0.29) is 36.4 Å². The first-order valence-electron chi connectivity index (χ1n) is 11.0. The van der Waals surface area contributed by atoms with Gasteiger partial charge in [-0.25, -0.2) is 4.99 Å². The number of hydrogen-bond acceptors (Lipinski definition) is 3. The topological polar surface area (TPSA) is 51.2 Å². The second kappa shape index (κ2) is 13.6. The molecular weight excluding hydrogens is 465 g/mol. The van der Waals surface area contributed by atoms with Crippen molar-refractivity contribution < 1.29 is 4.79 Å². The van der Waals surface area contributed by atoms with Crippen LogP contribution in [0.1, 0.15) is 52.4 Å². The highest BCUT2D eigenvalue weighted by Gasteiger charge is 2.27. The Bertz CT molecular complexity index is 475. The van der Waals surface area contributed by atoms with Crippen LogP contribution in [0.25, 0.3) is 0 Å². The molecule has 0 radical (unpaired) electrons. The number of carbonyl (C=O) groups excluding carboxylic acids is 1. The van der Waals surface area contributed by atoms with Crippen LogP contribution in [0.15, 0.2) is 4.99 Å². The molecule has 28 heavy (non-hydrogen) atoms. The molecule has 1 unspecified atom stereocenters. The number of carbonyl (C=O) groups is 1. The Morgan fingerprint density at radius 3 is 2.36 bits per heavy atom. The lowest BCUT2D eigenvalue weighted by molar-refractivity contribution is -0.127. The molecule has 164 valence electrons. The van der Waals surface area contributed by atoms with Gasteiger partial charge in [-0.15, -0.1) is 24.0 Å². The van der Waals surface area contributed by atoms with E-state index in [0.29, 0.717) is 5.92 Å². The average molecular weight is 508 g/mol. The van der Waals surface area contributed by atoms with Gasteiger partial charge in [0.15, 0.2) is 5.96 Å². The van der Waals surface area contributed by atoms with Gasteiger partial charge in [0.05, 0.1) is 0 Å². The van der Waals surface area contributed by atoms with Gasteiger partial charge >= 0.3 is 0 Å². The van der Waals surface area contributed by atoms with Gasteiger partial charge in [-0.2, -0.15) is 0 Å². The zero-order chi connectivity index (χ0) is 19.6. The van der Waals surface area contributed by atoms with E-state index in [2.05, 4.69) is 29.0 Å². The van der Waals surface area contributed by atoms with Crippen LogP contribution in [0.2, 0.25) is 0 Å². The molecule has 1 aliphatic heterocycles. The standard InChI is InChI=1S/C21H41N5O.HI/c1-5-25(6-2)16-19-12-13-26(17-19)21(23-15-20(27)24(3)4)22-14-18-10-8-7-9-11-18;/h18-19H,5-17H2,1-4H3,(H,22,23);1H. The zero-order valence-corrected chi connectivity index (χ0v) is 20.8. The number of likely N-dealkylation sites (N-methyl/N-ethyl adjacent to an activating group) is 1. The Kier molecular flexibility index (Phi) is 12.4. The third-order valence-electron chi connectivity index (χ3n) is 6.13. The minimum Gasteiger partial charge on any atom is -0.356 e. The van der Waals surface area contributed by atoms with Crippen LogP contribution in [0.5, 0.6) is 0 Å². The van der Waals surface area contributed by atoms with Crippen LogP contribution >= 0.6 is 24.0 Å². The van der Waals surface area contributed by atoms with Crippen molar-refractivity contribution in [3.05, 3.63) is 0 Å². The molecule has 2 aliphatic rings. The van der Waals surface area contributed by atoms with Crippen molar-refractivity contribution >= 4 is 35.8 Å². The quantitative estimate of drug-likeness (QED) is 0.312. The van der Waals surface area contributed by atoms with Crippen LogP contribution in [0, 0.1) is 11.8 Å². The maximum atomic E-state index is 12.0. The summed E-state index contributed by atoms with van der Waals surface area (Å²) in [6.07, 6.45) is 7.94. The molecule has 2 fully saturated rings. The molecule has 6 nitrogen and oxygen atoms in total. The molecule has 0 spiro atoms. The highest BCUT2D eigenvalue weighted by Crippen LogP contribution is 2.23. The summed E-state index contributed by atoms with van der Waals surface area (Å²) in [7, 11) is 3.59. The highest BCUT2D eigenvalue weighted by atomic mass is 127. The molecule has 1 saturated carbocycles. The normalized spacial score (nSPS) is 21.0. The van der Waals surface area contributed by atoms with E-state index in [1.807, 2.05) is 0 Å². The first kappa shape index (κ1) is 25.5. The summed E-state index contributed by atoms with van der Waals surface area (Å²) in [5.74, 6) is 2.45. The number of rotatable bonds is 8. The van der Waals surface area contributed by atoms with Crippen molar-refractivity contribution in [1.82, 2.24) is 20.0 Å². The number of hydrogen-bond donors (Lipinski definition) is 1. The molecule has 1 aliphatic carbocycles. The third kappa shape index (κ3) is 8.43. The van der Waals surface area contributed by atoms with E-state index in [9.17, 15) is 4.79 Å². The van der Waals surface area contributed by atoms with Crippen LogP contribution in [0.3, 0.4) is 0 Å². The van der Waals surface area contributed by atoms with Crippen LogP contribution in [-0.2, 0) is 4.79 Å². The van der Waals surface area contributed by atoms with Gasteiger partial charge < -0.3 is 20.0 Å². The molecule has 1 atom stereocenters. The molecule has 0 aromatic carbocycles. The molecule has 0 aromatic rings. The van der Waals surface area contributed by atoms with Crippen LogP contribution in [-0.4, -0.2) is 86.5 Å². The fraction of sp³-hybridized carbons (Fsp3) is 0.905. The Morgan fingerprint density at radius 1 is 1.07 bits per heavy atom. The van der Waals surface area contributed by atoms with Crippen molar-refractivity contribution in [3.63, 3.8) is 0 Å². The summed E-state index contributed by atoms with van der Waals surface area (Å²) < 4.78 is 0. The summed E-state index contributed by atoms with van der Waals surface area (Å²) in [5.41, 5.74) is 0. The van der Waals surface area contributed by atoms with Crippen molar-refractivity contribution in [3.8, 4) is 0 Å². The predicted molar refractivity (Wildman–Crippen MR) is 128 cm³/mol. The Hall–Kier alpha value is -0.570. The van der Waals surface area contributed by atoms with Gasteiger partial charge in [-0.3, -0.25) is 4.79 Å². The van der Waals surface area contributed by atoms with Crippen LogP contribution in [0.4, 0.5) is 0 Å². The Balaban J connectivity index is 0.00000392. The molecule has 1 saturated heterocycles. The SMILES string of the molecule is CCN(CC)CC1CCN(C(=NCC(=O)N(C)C)NCC2CCCCC2)C1.I. The average Bonchev–Trinajstić information content (AvgIpc) is 3.15. The minimum absolute atomic E-state index is 0. The summed E-state index contributed by atoms with van der Waals surface area (Å²) >= 11 is 0. The fourth-order valence-electron chi connectivity index (χ4n) is 4.20. The monoisotopic (exact) mass is 507 g/mol. The van der Waals surface area contributed by atoms with Gasteiger partial charge in [0.2, 0.25) is 5.91 Å². The predicted octanol–water partition coefficient (Wildman–Crippen LogP) is 2.88. The number of halogens is 1. The fourth-order valence-corrected chi connectivity index (χ4v) is 4.20. The van der Waals surface area contributed by atoms with E-state index in [0.717, 1.165) is 51.1 Å². The molecular formula is C21H42IN5O. The molecule has 0 bridgehead atoms. The number of nitrogens with zero attached hydrogens (tertiary/aromatic N) is 4. The minimum atomic E-state index is 0. The third-order valence-corrected chi connectivity index (χ3v) is 6.13. The molecule has 1 amide bonds. The Morgan fingerprint density at radius 2 is 1.75 bits per heavy atom. The van der Waals surface area contributed by atoms with Crippen molar-refractivity contribution in [2.24, 2.45) is 16.8 Å². The maximum absolute atomic E-state index is 12.0. The van der Waals surface area contributed by atoms with Crippen LogP contribution < -0.4 is 5.32 Å². The highest BCUT2D eigenvalue weighted by molar-refractivity contribution is 14.0. The number of amides is 1. The lowest BCUT2D eigenvalue weighted by atomic mass is 9.89. The van der Waals surface area contributed by atoms with Crippen molar-refractivity contribution in [2.45, 2.75) is 52.4 Å². The zero-order valence-electron chi connectivity index (χ0n) is 18.5. The number of aliphatic imine (C=N–C) groups is 1. The molecule has 1 heterocycles. The number of likely N-dealkylation sites (tertiary alicyclic amines) is 1. The first-order valence-corrected chi connectivity index (χ1v) is 11.0. The summed E-state index contributed by atoms with van der Waals surface area (Å²) in [6.45, 7) is 11.2. The van der Waals surface area contributed by atoms with Gasteiger partial charge in [0, 0.05) is 40.3 Å². The van der Waals surface area contributed by atoms with E-state index in [4.69, 9.17) is 4.99 Å². The molecule has 2 rings (SSSR count). The summed E-state index contributed by atoms with van der Waals surface area (Å²) in [5, 5.41) is 3.62. The smallest absolute Gasteiger partial charge is 0.243 e. The number of guanidine groups is 1. The Labute approximate surface area is 189 Å². The van der Waals surface area contributed by atoms with Gasteiger partial charge in [-0.05, 0) is 44.2 Å². The summed E-state index contributed by atoms with van der Waals surface area (Å²) in [4.78, 5) is 23.2. The lowest BCUT2D eigenvalue weighted by Crippen LogP contribution is -2.43. The van der Waals surface area contributed by atoms with Crippen molar-refractivity contribution in [1.29, 1.82) is 0 Å². The van der Waals surface area contributed by atoms with E-state index in [1.165, 1.54) is 38.5 Å². The summed E-state index contributed by atoms with van der Waals surface area (Å²) in [6, 6.07) is 0. The van der Waals surface area contributed by atoms with Gasteiger partial charge in [0.1, 0.15) is 6.54 Å². The molecule has 1 N–H and O–H groups in total. The van der Waals surface area contributed by atoms with Gasteiger partial charge in [0.25, 0.3) is 0 Å². The second-order valence-corrected chi connectivity index (χ2v) is 8.40. The largest absolute Gasteiger partial charge is 0.356 e. The molecule has 0 aromatic heterocycles. The lowest BCUT2D eigenvalue weighted by Gasteiger charge is -2.27. The van der Waals surface area contributed by atoms with E-state index in [1.54, 1.807) is 19.0 Å². The van der Waals surface area contributed by atoms with E-state index < -0.39 is 0 Å². The first-order chi connectivity index (χ1) is 13.0. The second-order valence-electron chi connectivity index (χ2n) is 8.40. The van der Waals surface area contributed by atoms with E-state index >= 15 is 0 Å². The van der Waals surface area contributed by atoms with Gasteiger partial charge in [-0.1, -0.05) is 33.1 Å². The number of nitrogens with one attached hydrogen (secondary N) is 1. The molecule has 7 heteroatoms.